The number of nitrogens with zero attached hydrogens (tertiary/aromatic N) is 1. The van der Waals surface area contributed by atoms with Crippen molar-refractivity contribution in [1.82, 2.24) is 0 Å². The second-order valence-corrected chi connectivity index (χ2v) is 12.4. The molecule has 0 radical (unpaired) electrons. The summed E-state index contributed by atoms with van der Waals surface area (Å²) in [7, 11) is -1.66. The maximum atomic E-state index is 10.8. The van der Waals surface area contributed by atoms with Gasteiger partial charge in [-0.1, -0.05) is 69.9 Å². The van der Waals surface area contributed by atoms with Crippen LogP contribution in [0.1, 0.15) is 32.3 Å². The standard InChI is InChI=1S/C21H29NOSi/c1-6-19(7-2)22-15-18-13-17(16-11-9-8-10-12-16)14-20(21(18)23)24(3,4)5/h8-15,19,23H,6-7H2,1-5H3. The summed E-state index contributed by atoms with van der Waals surface area (Å²) in [4.78, 5) is 4.68. The van der Waals surface area contributed by atoms with Crippen LogP contribution in [0.2, 0.25) is 19.6 Å². The quantitative estimate of drug-likeness (QED) is 0.568. The summed E-state index contributed by atoms with van der Waals surface area (Å²) in [5.74, 6) is 0.406. The molecule has 1 N–H and O–H groups in total. The van der Waals surface area contributed by atoms with Crippen LogP contribution in [0.25, 0.3) is 11.1 Å². The minimum Gasteiger partial charge on any atom is -0.507 e. The molecule has 2 nitrogen and oxygen atoms in total. The van der Waals surface area contributed by atoms with Crippen molar-refractivity contribution in [2.45, 2.75) is 52.4 Å². The van der Waals surface area contributed by atoms with Crippen molar-refractivity contribution >= 4 is 19.5 Å². The fourth-order valence-electron chi connectivity index (χ4n) is 2.81. The number of phenolic OH excluding ortho intramolecular Hbond substituents is 1. The highest BCUT2D eigenvalue weighted by atomic mass is 28.3. The Labute approximate surface area is 147 Å². The van der Waals surface area contributed by atoms with Crippen LogP contribution in [-0.4, -0.2) is 25.4 Å². The third-order valence-corrected chi connectivity index (χ3v) is 6.42. The van der Waals surface area contributed by atoms with Gasteiger partial charge in [0.1, 0.15) is 5.75 Å². The van der Waals surface area contributed by atoms with Crippen LogP contribution in [0, 0.1) is 0 Å². The van der Waals surface area contributed by atoms with Gasteiger partial charge in [-0.2, -0.15) is 0 Å². The maximum absolute atomic E-state index is 10.8. The first kappa shape index (κ1) is 18.5. The molecule has 3 heteroatoms. The Hall–Kier alpha value is -1.87. The number of aliphatic imine (C=N–C) groups is 1. The Kier molecular flexibility index (Phi) is 6.00. The predicted octanol–water partition coefficient (Wildman–Crippen LogP) is 5.21. The molecule has 2 aromatic rings. The Morgan fingerprint density at radius 2 is 1.62 bits per heavy atom. The minimum atomic E-state index is -1.66. The summed E-state index contributed by atoms with van der Waals surface area (Å²) in [6, 6.07) is 14.9. The van der Waals surface area contributed by atoms with Crippen molar-refractivity contribution in [3.63, 3.8) is 0 Å². The predicted molar refractivity (Wildman–Crippen MR) is 108 cm³/mol. The zero-order valence-electron chi connectivity index (χ0n) is 15.5. The summed E-state index contributed by atoms with van der Waals surface area (Å²) < 4.78 is 0. The first-order chi connectivity index (χ1) is 11.4. The molecule has 0 amide bonds. The van der Waals surface area contributed by atoms with E-state index in [-0.39, 0.29) is 0 Å². The van der Waals surface area contributed by atoms with Crippen LogP contribution in [0.4, 0.5) is 0 Å². The summed E-state index contributed by atoms with van der Waals surface area (Å²) >= 11 is 0. The molecular weight excluding hydrogens is 310 g/mol. The molecule has 128 valence electrons. The molecule has 0 fully saturated rings. The lowest BCUT2D eigenvalue weighted by Crippen LogP contribution is -2.38. The smallest absolute Gasteiger partial charge is 0.123 e. The van der Waals surface area contributed by atoms with Crippen molar-refractivity contribution in [3.05, 3.63) is 48.0 Å². The van der Waals surface area contributed by atoms with Crippen molar-refractivity contribution in [1.29, 1.82) is 0 Å². The minimum absolute atomic E-state index is 0.320. The van der Waals surface area contributed by atoms with Gasteiger partial charge in [-0.25, -0.2) is 0 Å². The van der Waals surface area contributed by atoms with E-state index in [1.54, 1.807) is 0 Å². The molecule has 0 unspecified atom stereocenters. The second-order valence-electron chi connectivity index (χ2n) is 7.33. The van der Waals surface area contributed by atoms with E-state index in [2.05, 4.69) is 62.7 Å². The van der Waals surface area contributed by atoms with Crippen LogP contribution in [0.15, 0.2) is 47.5 Å². The van der Waals surface area contributed by atoms with Gasteiger partial charge in [0.15, 0.2) is 0 Å². The van der Waals surface area contributed by atoms with E-state index in [1.807, 2.05) is 24.4 Å². The highest BCUT2D eigenvalue weighted by Gasteiger charge is 2.23. The van der Waals surface area contributed by atoms with Crippen molar-refractivity contribution in [3.8, 4) is 16.9 Å². The number of benzene rings is 2. The molecular formula is C21H29NOSi. The van der Waals surface area contributed by atoms with Gasteiger partial charge < -0.3 is 5.11 Å². The fourth-order valence-corrected chi connectivity index (χ4v) is 4.25. The van der Waals surface area contributed by atoms with Crippen LogP contribution < -0.4 is 5.19 Å². The monoisotopic (exact) mass is 339 g/mol. The lowest BCUT2D eigenvalue weighted by Gasteiger charge is -2.21. The van der Waals surface area contributed by atoms with Crippen LogP contribution in [-0.2, 0) is 0 Å². The van der Waals surface area contributed by atoms with E-state index in [1.165, 1.54) is 5.56 Å². The maximum Gasteiger partial charge on any atom is 0.123 e. The Morgan fingerprint density at radius 3 is 2.17 bits per heavy atom. The SMILES string of the molecule is CCC(CC)N=Cc1cc(-c2ccccc2)cc([Si](C)(C)C)c1O. The Morgan fingerprint density at radius 1 is 1.00 bits per heavy atom. The number of hydrogen-bond acceptors (Lipinski definition) is 2. The summed E-state index contributed by atoms with van der Waals surface area (Å²) in [5, 5.41) is 11.9. The van der Waals surface area contributed by atoms with E-state index in [9.17, 15) is 5.11 Å². The molecule has 0 saturated heterocycles. The van der Waals surface area contributed by atoms with E-state index >= 15 is 0 Å². The molecule has 0 aliphatic carbocycles. The number of aromatic hydroxyl groups is 1. The zero-order chi connectivity index (χ0) is 17.7. The Balaban J connectivity index is 2.57. The van der Waals surface area contributed by atoms with Crippen LogP contribution in [0.3, 0.4) is 0 Å². The van der Waals surface area contributed by atoms with E-state index in [0.29, 0.717) is 11.8 Å². The van der Waals surface area contributed by atoms with Gasteiger partial charge in [0.2, 0.25) is 0 Å². The zero-order valence-corrected chi connectivity index (χ0v) is 16.5. The highest BCUT2D eigenvalue weighted by molar-refractivity contribution is 6.89. The van der Waals surface area contributed by atoms with E-state index in [4.69, 9.17) is 0 Å². The van der Waals surface area contributed by atoms with Gasteiger partial charge in [-0.05, 0) is 35.2 Å². The van der Waals surface area contributed by atoms with E-state index in [0.717, 1.165) is 29.2 Å². The van der Waals surface area contributed by atoms with Gasteiger partial charge in [-0.15, -0.1) is 0 Å². The average molecular weight is 340 g/mol. The second kappa shape index (κ2) is 7.80. The Bertz CT molecular complexity index is 698. The summed E-state index contributed by atoms with van der Waals surface area (Å²) in [6.45, 7) is 11.1. The third-order valence-electron chi connectivity index (χ3n) is 4.42. The first-order valence-corrected chi connectivity index (χ1v) is 12.3. The molecule has 0 saturated carbocycles. The van der Waals surface area contributed by atoms with Crippen LogP contribution >= 0.6 is 0 Å². The first-order valence-electron chi connectivity index (χ1n) is 8.82. The lowest BCUT2D eigenvalue weighted by atomic mass is 10.0. The molecule has 0 aliphatic heterocycles. The summed E-state index contributed by atoms with van der Waals surface area (Å²) in [5.41, 5.74) is 3.16. The molecule has 0 heterocycles. The number of rotatable bonds is 6. The van der Waals surface area contributed by atoms with Gasteiger partial charge in [0, 0.05) is 17.8 Å². The van der Waals surface area contributed by atoms with Crippen molar-refractivity contribution < 1.29 is 5.11 Å². The normalized spacial score (nSPS) is 12.2. The van der Waals surface area contributed by atoms with Crippen LogP contribution in [0.5, 0.6) is 5.75 Å². The topological polar surface area (TPSA) is 32.6 Å². The van der Waals surface area contributed by atoms with Crippen molar-refractivity contribution in [2.75, 3.05) is 0 Å². The van der Waals surface area contributed by atoms with Crippen molar-refractivity contribution in [2.24, 2.45) is 4.99 Å². The van der Waals surface area contributed by atoms with E-state index < -0.39 is 8.07 Å². The van der Waals surface area contributed by atoms with Gasteiger partial charge >= 0.3 is 0 Å². The molecule has 0 bridgehead atoms. The molecule has 2 rings (SSSR count). The average Bonchev–Trinajstić information content (AvgIpc) is 2.56. The third kappa shape index (κ3) is 4.35. The van der Waals surface area contributed by atoms with Gasteiger partial charge in [0.25, 0.3) is 0 Å². The number of phenols is 1. The highest BCUT2D eigenvalue weighted by Crippen LogP contribution is 2.26. The molecule has 0 spiro atoms. The number of hydrogen-bond donors (Lipinski definition) is 1. The molecule has 0 atom stereocenters. The van der Waals surface area contributed by atoms with Gasteiger partial charge in [-0.3, -0.25) is 4.99 Å². The largest absolute Gasteiger partial charge is 0.507 e. The molecule has 0 aliphatic rings. The molecule has 2 aromatic carbocycles. The van der Waals surface area contributed by atoms with Gasteiger partial charge in [0.05, 0.1) is 8.07 Å². The lowest BCUT2D eigenvalue weighted by molar-refractivity contribution is 0.478. The fraction of sp³-hybridized carbons (Fsp3) is 0.381. The molecule has 24 heavy (non-hydrogen) atoms. The molecule has 0 aromatic heterocycles. The summed E-state index contributed by atoms with van der Waals surface area (Å²) in [6.07, 6.45) is 3.91.